The maximum Gasteiger partial charge on any atom is 0.0237 e. The zero-order valence-electron chi connectivity index (χ0n) is 7.17. The van der Waals surface area contributed by atoms with Crippen molar-refractivity contribution in [1.82, 2.24) is 4.90 Å². The minimum absolute atomic E-state index is 0. The number of benzene rings is 1. The zero-order valence-corrected chi connectivity index (χ0v) is 11.9. The Bertz CT molecular complexity index is 286. The molecule has 0 spiro atoms. The van der Waals surface area contributed by atoms with Crippen LogP contribution in [0.5, 0.6) is 0 Å². The van der Waals surface area contributed by atoms with Crippen LogP contribution in [0.3, 0.4) is 0 Å². The molecular formula is C9H11AcN2-. The molecule has 3 heteroatoms. The number of nitrogens with one attached hydrogen (secondary N) is 1. The van der Waals surface area contributed by atoms with Gasteiger partial charge in [0.15, 0.2) is 0 Å². The van der Waals surface area contributed by atoms with Gasteiger partial charge < -0.3 is 5.73 Å². The maximum atomic E-state index is 7.61. The van der Waals surface area contributed by atoms with Crippen molar-refractivity contribution in [3.05, 3.63) is 35.1 Å². The first kappa shape index (κ1) is 10.5. The van der Waals surface area contributed by atoms with Crippen LogP contribution in [0.15, 0.2) is 18.2 Å². The van der Waals surface area contributed by atoms with Crippen LogP contribution in [0, 0.1) is 44.1 Å². The third-order valence-electron chi connectivity index (χ3n) is 2.14. The number of nitrogens with zero attached hydrogens (tertiary/aromatic N) is 1. The molecule has 0 saturated heterocycles. The van der Waals surface area contributed by atoms with Gasteiger partial charge in [-0.2, -0.15) is 0 Å². The average Bonchev–Trinajstić information content (AvgIpc) is 2.31. The largest absolute Gasteiger partial charge is 0.698 e. The molecule has 1 aliphatic heterocycles. The van der Waals surface area contributed by atoms with E-state index in [0.717, 1.165) is 13.1 Å². The van der Waals surface area contributed by atoms with Gasteiger partial charge in [-0.25, -0.2) is 0 Å². The Morgan fingerprint density at radius 2 is 2.08 bits per heavy atom. The summed E-state index contributed by atoms with van der Waals surface area (Å²) in [5, 5.41) is 0. The molecule has 0 aromatic heterocycles. The normalized spacial score (nSPS) is 15.4. The molecule has 1 radical (unpaired) electrons. The average molecular weight is 374 g/mol. The van der Waals surface area contributed by atoms with Crippen LogP contribution in [0.25, 0.3) is 5.73 Å². The fourth-order valence-electron chi connectivity index (χ4n) is 1.59. The SMILES string of the molecule is CN1Cc2cccc([NH-])c2C1.[Ac]. The number of hydrogen-bond acceptors (Lipinski definition) is 1. The molecule has 61 valence electrons. The van der Waals surface area contributed by atoms with Gasteiger partial charge >= 0.3 is 0 Å². The van der Waals surface area contributed by atoms with Crippen LogP contribution in [0.1, 0.15) is 11.1 Å². The molecule has 0 fully saturated rings. The van der Waals surface area contributed by atoms with Crippen molar-refractivity contribution < 1.29 is 44.1 Å². The Morgan fingerprint density at radius 1 is 1.33 bits per heavy atom. The first-order valence-electron chi connectivity index (χ1n) is 3.78. The Labute approximate surface area is 109 Å². The number of fused-ring (bicyclic) bond motifs is 1. The molecule has 1 aromatic rings. The van der Waals surface area contributed by atoms with E-state index < -0.39 is 0 Å². The van der Waals surface area contributed by atoms with Crippen LogP contribution in [0.4, 0.5) is 5.69 Å². The molecule has 1 aliphatic rings. The van der Waals surface area contributed by atoms with Gasteiger partial charge in [-0.15, -0.1) is 5.69 Å². The van der Waals surface area contributed by atoms with Crippen molar-refractivity contribution in [2.45, 2.75) is 13.1 Å². The number of hydrogen-bond donors (Lipinski definition) is 0. The molecular weight excluding hydrogens is 363 g/mol. The van der Waals surface area contributed by atoms with Crippen LogP contribution in [-0.2, 0) is 13.1 Å². The summed E-state index contributed by atoms with van der Waals surface area (Å²) in [7, 11) is 2.08. The first-order chi connectivity index (χ1) is 5.27. The summed E-state index contributed by atoms with van der Waals surface area (Å²) in [6.45, 7) is 1.94. The molecule has 0 unspecified atom stereocenters. The minimum Gasteiger partial charge on any atom is -0.698 e. The van der Waals surface area contributed by atoms with E-state index in [1.807, 2.05) is 12.1 Å². The van der Waals surface area contributed by atoms with Crippen LogP contribution < -0.4 is 0 Å². The maximum absolute atomic E-state index is 7.61. The Balaban J connectivity index is 0.000000720. The molecule has 12 heavy (non-hydrogen) atoms. The van der Waals surface area contributed by atoms with Crippen molar-refractivity contribution in [2.75, 3.05) is 7.05 Å². The van der Waals surface area contributed by atoms with Gasteiger partial charge in [0.25, 0.3) is 0 Å². The molecule has 1 aromatic carbocycles. The Morgan fingerprint density at radius 3 is 2.75 bits per heavy atom. The standard InChI is InChI=1S/C9H11N2.Ac/c1-11-5-7-3-2-4-9(10)8(7)6-11;/h2-4,10H,5-6H2,1H3;/q-1;. The first-order valence-corrected chi connectivity index (χ1v) is 3.78. The van der Waals surface area contributed by atoms with E-state index in [2.05, 4.69) is 18.0 Å². The van der Waals surface area contributed by atoms with Gasteiger partial charge in [-0.05, 0) is 18.2 Å². The van der Waals surface area contributed by atoms with Crippen molar-refractivity contribution in [3.8, 4) is 0 Å². The third kappa shape index (κ3) is 1.84. The van der Waals surface area contributed by atoms with Gasteiger partial charge in [0.1, 0.15) is 0 Å². The van der Waals surface area contributed by atoms with Crippen molar-refractivity contribution in [3.63, 3.8) is 0 Å². The van der Waals surface area contributed by atoms with Crippen LogP contribution in [0.2, 0.25) is 0 Å². The van der Waals surface area contributed by atoms with Gasteiger partial charge in [0.05, 0.1) is 0 Å². The van der Waals surface area contributed by atoms with E-state index in [0.29, 0.717) is 5.69 Å². The van der Waals surface area contributed by atoms with E-state index in [4.69, 9.17) is 5.73 Å². The van der Waals surface area contributed by atoms with Crippen LogP contribution in [-0.4, -0.2) is 11.9 Å². The molecule has 0 amide bonds. The molecule has 2 rings (SSSR count). The van der Waals surface area contributed by atoms with Crippen molar-refractivity contribution in [2.24, 2.45) is 0 Å². The summed E-state index contributed by atoms with van der Waals surface area (Å²) in [6.07, 6.45) is 0. The predicted molar refractivity (Wildman–Crippen MR) is 45.6 cm³/mol. The zero-order chi connectivity index (χ0) is 7.84. The monoisotopic (exact) mass is 374 g/mol. The van der Waals surface area contributed by atoms with Gasteiger partial charge in [-0.3, -0.25) is 4.90 Å². The second-order valence-corrected chi connectivity index (χ2v) is 3.12. The molecule has 1 heterocycles. The fourth-order valence-corrected chi connectivity index (χ4v) is 1.59. The fraction of sp³-hybridized carbons (Fsp3) is 0.333. The molecule has 0 aliphatic carbocycles. The van der Waals surface area contributed by atoms with E-state index in [1.165, 1.54) is 11.1 Å². The quantitative estimate of drug-likeness (QED) is 0.685. The summed E-state index contributed by atoms with van der Waals surface area (Å²) in [4.78, 5) is 2.22. The smallest absolute Gasteiger partial charge is 0.0237 e. The molecule has 0 atom stereocenters. The van der Waals surface area contributed by atoms with E-state index in [9.17, 15) is 0 Å². The van der Waals surface area contributed by atoms with E-state index in [-0.39, 0.29) is 44.1 Å². The molecule has 2 nitrogen and oxygen atoms in total. The second kappa shape index (κ2) is 4.09. The Kier molecular flexibility index (Phi) is 3.58. The minimum atomic E-state index is 0. The predicted octanol–water partition coefficient (Wildman–Crippen LogP) is 2.32. The third-order valence-corrected chi connectivity index (χ3v) is 2.14. The summed E-state index contributed by atoms with van der Waals surface area (Å²) >= 11 is 0. The molecule has 0 bridgehead atoms. The topological polar surface area (TPSA) is 27.0 Å². The summed E-state index contributed by atoms with van der Waals surface area (Å²) in [5.41, 5.74) is 10.8. The number of rotatable bonds is 0. The van der Waals surface area contributed by atoms with E-state index in [1.54, 1.807) is 0 Å². The van der Waals surface area contributed by atoms with Crippen molar-refractivity contribution >= 4 is 5.69 Å². The molecule has 0 saturated carbocycles. The van der Waals surface area contributed by atoms with Gasteiger partial charge in [-0.1, -0.05) is 18.2 Å². The van der Waals surface area contributed by atoms with Crippen molar-refractivity contribution in [1.29, 1.82) is 0 Å². The van der Waals surface area contributed by atoms with E-state index >= 15 is 0 Å². The molecule has 1 N–H and O–H groups in total. The summed E-state index contributed by atoms with van der Waals surface area (Å²) in [5.74, 6) is 0. The van der Waals surface area contributed by atoms with Crippen LogP contribution >= 0.6 is 0 Å². The summed E-state index contributed by atoms with van der Waals surface area (Å²) < 4.78 is 0. The van der Waals surface area contributed by atoms with Gasteiger partial charge in [0.2, 0.25) is 0 Å². The summed E-state index contributed by atoms with van der Waals surface area (Å²) in [6, 6.07) is 5.93. The second-order valence-electron chi connectivity index (χ2n) is 3.12. The van der Waals surface area contributed by atoms with Gasteiger partial charge in [0, 0.05) is 57.2 Å². The Hall–Kier alpha value is 0.422.